The lowest BCUT2D eigenvalue weighted by atomic mass is 10.2. The first kappa shape index (κ1) is 14.3. The molecular weight excluding hydrogens is 278 g/mol. The number of benzene rings is 1. The normalized spacial score (nSPS) is 10.7. The summed E-state index contributed by atoms with van der Waals surface area (Å²) in [5, 5.41) is 0.751. The maximum atomic E-state index is 5.86. The minimum absolute atomic E-state index is 0.611. The predicted molar refractivity (Wildman–Crippen MR) is 80.5 cm³/mol. The van der Waals surface area contributed by atoms with E-state index in [0.717, 1.165) is 39.3 Å². The van der Waals surface area contributed by atoms with Crippen molar-refractivity contribution in [3.63, 3.8) is 0 Å². The summed E-state index contributed by atoms with van der Waals surface area (Å²) in [4.78, 5) is 10.1. The molecule has 0 atom stereocenters. The third-order valence-corrected chi connectivity index (χ3v) is 3.80. The molecule has 1 aromatic heterocycles. The van der Waals surface area contributed by atoms with E-state index in [1.165, 1.54) is 0 Å². The summed E-state index contributed by atoms with van der Waals surface area (Å²) in [6.07, 6.45) is 0.794. The number of hydrogen-bond donors (Lipinski definition) is 1. The number of nitrogens with two attached hydrogens (primary N) is 1. The fraction of sp³-hybridized carbons (Fsp3) is 0.286. The molecule has 2 rings (SSSR count). The summed E-state index contributed by atoms with van der Waals surface area (Å²) in [5.41, 5.74) is 7.57. The molecule has 2 aromatic rings. The minimum Gasteiger partial charge on any atom is -0.330 e. The Morgan fingerprint density at radius 2 is 1.95 bits per heavy atom. The van der Waals surface area contributed by atoms with E-state index in [2.05, 4.69) is 9.97 Å². The lowest BCUT2D eigenvalue weighted by Gasteiger charge is -2.05. The highest BCUT2D eigenvalue weighted by molar-refractivity contribution is 7.98. The van der Waals surface area contributed by atoms with Gasteiger partial charge in [-0.05, 0) is 43.8 Å². The van der Waals surface area contributed by atoms with Crippen molar-refractivity contribution < 1.29 is 0 Å². The molecule has 19 heavy (non-hydrogen) atoms. The van der Waals surface area contributed by atoms with Crippen LogP contribution in [0.15, 0.2) is 35.2 Å². The van der Waals surface area contributed by atoms with E-state index in [0.29, 0.717) is 6.54 Å². The van der Waals surface area contributed by atoms with Crippen LogP contribution in [0.4, 0.5) is 0 Å². The Kier molecular flexibility index (Phi) is 5.19. The van der Waals surface area contributed by atoms with Crippen molar-refractivity contribution in [2.75, 3.05) is 6.54 Å². The van der Waals surface area contributed by atoms with Crippen LogP contribution in [-0.4, -0.2) is 16.5 Å². The Bertz CT molecular complexity index is 543. The van der Waals surface area contributed by atoms with Gasteiger partial charge in [-0.3, -0.25) is 0 Å². The van der Waals surface area contributed by atoms with Crippen molar-refractivity contribution >= 4 is 23.4 Å². The Hall–Kier alpha value is -1.10. The van der Waals surface area contributed by atoms with Crippen LogP contribution in [0.5, 0.6) is 0 Å². The number of thioether (sulfide) groups is 1. The molecule has 0 bridgehead atoms. The van der Waals surface area contributed by atoms with E-state index in [1.54, 1.807) is 11.8 Å². The van der Waals surface area contributed by atoms with Gasteiger partial charge in [-0.25, -0.2) is 9.97 Å². The van der Waals surface area contributed by atoms with Gasteiger partial charge in [-0.2, -0.15) is 0 Å². The standard InChI is InChI=1S/C14H16ClN3S/c1-10-8-12(6-7-16)18-14(17-10)9-19-13-4-2-11(15)3-5-13/h2-5,8H,6-7,9,16H2,1H3. The van der Waals surface area contributed by atoms with Crippen LogP contribution in [0.3, 0.4) is 0 Å². The van der Waals surface area contributed by atoms with E-state index >= 15 is 0 Å². The van der Waals surface area contributed by atoms with Gasteiger partial charge in [0, 0.05) is 27.7 Å². The van der Waals surface area contributed by atoms with Crippen LogP contribution >= 0.6 is 23.4 Å². The Morgan fingerprint density at radius 1 is 1.21 bits per heavy atom. The smallest absolute Gasteiger partial charge is 0.139 e. The summed E-state index contributed by atoms with van der Waals surface area (Å²) in [7, 11) is 0. The molecule has 0 amide bonds. The van der Waals surface area contributed by atoms with Gasteiger partial charge in [0.25, 0.3) is 0 Å². The van der Waals surface area contributed by atoms with Crippen molar-refractivity contribution in [2.45, 2.75) is 24.0 Å². The summed E-state index contributed by atoms with van der Waals surface area (Å²) in [6, 6.07) is 9.78. The molecule has 0 radical (unpaired) electrons. The fourth-order valence-electron chi connectivity index (χ4n) is 1.72. The number of aromatic nitrogens is 2. The molecule has 0 fully saturated rings. The van der Waals surface area contributed by atoms with Crippen LogP contribution < -0.4 is 5.73 Å². The lowest BCUT2D eigenvalue weighted by molar-refractivity contribution is 0.871. The Balaban J connectivity index is 2.04. The Morgan fingerprint density at radius 3 is 2.63 bits per heavy atom. The molecule has 1 heterocycles. The monoisotopic (exact) mass is 293 g/mol. The lowest BCUT2D eigenvalue weighted by Crippen LogP contribution is -2.07. The van der Waals surface area contributed by atoms with E-state index < -0.39 is 0 Å². The maximum Gasteiger partial charge on any atom is 0.139 e. The first-order valence-electron chi connectivity index (χ1n) is 6.09. The third-order valence-electron chi connectivity index (χ3n) is 2.54. The van der Waals surface area contributed by atoms with E-state index in [1.807, 2.05) is 37.3 Å². The molecule has 0 spiro atoms. The van der Waals surface area contributed by atoms with Gasteiger partial charge in [0.05, 0.1) is 5.75 Å². The van der Waals surface area contributed by atoms with E-state index in [-0.39, 0.29) is 0 Å². The summed E-state index contributed by atoms with van der Waals surface area (Å²) in [6.45, 7) is 2.60. The zero-order chi connectivity index (χ0) is 13.7. The highest BCUT2D eigenvalue weighted by atomic mass is 35.5. The molecule has 3 nitrogen and oxygen atoms in total. The van der Waals surface area contributed by atoms with Gasteiger partial charge in [0.2, 0.25) is 0 Å². The van der Waals surface area contributed by atoms with Crippen LogP contribution in [0.25, 0.3) is 0 Å². The van der Waals surface area contributed by atoms with Crippen LogP contribution in [-0.2, 0) is 12.2 Å². The van der Waals surface area contributed by atoms with Gasteiger partial charge in [0.15, 0.2) is 0 Å². The molecular formula is C14H16ClN3S. The highest BCUT2D eigenvalue weighted by Crippen LogP contribution is 2.23. The number of rotatable bonds is 5. The maximum absolute atomic E-state index is 5.86. The molecule has 0 saturated heterocycles. The molecule has 0 saturated carbocycles. The number of hydrogen-bond acceptors (Lipinski definition) is 4. The number of nitrogens with zero attached hydrogens (tertiary/aromatic N) is 2. The SMILES string of the molecule is Cc1cc(CCN)nc(CSc2ccc(Cl)cc2)n1. The van der Waals surface area contributed by atoms with Crippen LogP contribution in [0.2, 0.25) is 5.02 Å². The minimum atomic E-state index is 0.611. The largest absolute Gasteiger partial charge is 0.330 e. The third kappa shape index (κ3) is 4.49. The van der Waals surface area contributed by atoms with Crippen molar-refractivity contribution in [3.8, 4) is 0 Å². The van der Waals surface area contributed by atoms with E-state index in [4.69, 9.17) is 17.3 Å². The van der Waals surface area contributed by atoms with Gasteiger partial charge < -0.3 is 5.73 Å². The van der Waals surface area contributed by atoms with E-state index in [9.17, 15) is 0 Å². The zero-order valence-corrected chi connectivity index (χ0v) is 12.3. The van der Waals surface area contributed by atoms with Crippen molar-refractivity contribution in [1.29, 1.82) is 0 Å². The highest BCUT2D eigenvalue weighted by Gasteiger charge is 2.03. The molecule has 2 N–H and O–H groups in total. The zero-order valence-electron chi connectivity index (χ0n) is 10.8. The van der Waals surface area contributed by atoms with Crippen molar-refractivity contribution in [3.05, 3.63) is 52.6 Å². The number of halogens is 1. The van der Waals surface area contributed by atoms with Crippen molar-refractivity contribution in [1.82, 2.24) is 9.97 Å². The molecule has 0 aliphatic rings. The second-order valence-corrected chi connectivity index (χ2v) is 5.68. The summed E-state index contributed by atoms with van der Waals surface area (Å²) < 4.78 is 0. The molecule has 5 heteroatoms. The molecule has 100 valence electrons. The van der Waals surface area contributed by atoms with Gasteiger partial charge >= 0.3 is 0 Å². The second-order valence-electron chi connectivity index (χ2n) is 4.20. The first-order valence-corrected chi connectivity index (χ1v) is 7.45. The second kappa shape index (κ2) is 6.89. The summed E-state index contributed by atoms with van der Waals surface area (Å²) in [5.74, 6) is 1.60. The number of aryl methyl sites for hydroxylation is 1. The predicted octanol–water partition coefficient (Wildman–Crippen LogP) is 3.23. The topological polar surface area (TPSA) is 51.8 Å². The molecule has 1 aromatic carbocycles. The fourth-order valence-corrected chi connectivity index (χ4v) is 2.60. The van der Waals surface area contributed by atoms with Crippen LogP contribution in [0, 0.1) is 6.92 Å². The summed E-state index contributed by atoms with van der Waals surface area (Å²) >= 11 is 7.56. The van der Waals surface area contributed by atoms with Gasteiger partial charge in [-0.15, -0.1) is 11.8 Å². The first-order chi connectivity index (χ1) is 9.17. The average molecular weight is 294 g/mol. The quantitative estimate of drug-likeness (QED) is 0.860. The van der Waals surface area contributed by atoms with Gasteiger partial charge in [-0.1, -0.05) is 11.6 Å². The Labute approximate surface area is 122 Å². The molecule has 0 aliphatic carbocycles. The molecule has 0 unspecified atom stereocenters. The van der Waals surface area contributed by atoms with Gasteiger partial charge in [0.1, 0.15) is 5.82 Å². The van der Waals surface area contributed by atoms with Crippen molar-refractivity contribution in [2.24, 2.45) is 5.73 Å². The molecule has 0 aliphatic heterocycles. The average Bonchev–Trinajstić information content (AvgIpc) is 2.38. The van der Waals surface area contributed by atoms with Crippen LogP contribution in [0.1, 0.15) is 17.2 Å².